The van der Waals surface area contributed by atoms with Gasteiger partial charge in [0, 0.05) is 52.5 Å². The molecule has 1 aliphatic heterocycles. The zero-order chi connectivity index (χ0) is 14.0. The molecular formula is C13H22N4O2. The molecule has 0 N–H and O–H groups in total. The maximum atomic E-state index is 12.2. The quantitative estimate of drug-likeness (QED) is 0.778. The molecule has 0 spiro atoms. The van der Waals surface area contributed by atoms with E-state index in [-0.39, 0.29) is 5.91 Å². The summed E-state index contributed by atoms with van der Waals surface area (Å²) in [5.41, 5.74) is 0.410. The molecule has 0 unspecified atom stereocenters. The number of aromatic nitrogens is 2. The van der Waals surface area contributed by atoms with Gasteiger partial charge in [0.15, 0.2) is 5.60 Å². The van der Waals surface area contributed by atoms with Crippen molar-refractivity contribution in [3.05, 3.63) is 18.0 Å². The monoisotopic (exact) mass is 266 g/mol. The van der Waals surface area contributed by atoms with Crippen LogP contribution in [-0.2, 0) is 23.1 Å². The van der Waals surface area contributed by atoms with Gasteiger partial charge in [-0.15, -0.1) is 0 Å². The van der Waals surface area contributed by atoms with Crippen LogP contribution in [0, 0.1) is 0 Å². The number of rotatable bonds is 3. The number of ether oxygens (including phenoxy) is 1. The summed E-state index contributed by atoms with van der Waals surface area (Å²) < 4.78 is 7.50. The smallest absolute Gasteiger partial charge is 0.255 e. The molecule has 0 radical (unpaired) electrons. The Kier molecular flexibility index (Phi) is 3.91. The van der Waals surface area contributed by atoms with Crippen molar-refractivity contribution in [2.24, 2.45) is 7.05 Å². The summed E-state index contributed by atoms with van der Waals surface area (Å²) >= 11 is 0. The van der Waals surface area contributed by atoms with E-state index in [0.29, 0.717) is 13.2 Å². The zero-order valence-electron chi connectivity index (χ0n) is 12.1. The lowest BCUT2D eigenvalue weighted by Gasteiger charge is -2.40. The molecule has 6 nitrogen and oxygen atoms in total. The first-order valence-corrected chi connectivity index (χ1v) is 6.46. The van der Waals surface area contributed by atoms with Crippen LogP contribution in [0.25, 0.3) is 0 Å². The highest BCUT2D eigenvalue weighted by molar-refractivity contribution is 5.84. The summed E-state index contributed by atoms with van der Waals surface area (Å²) in [6.45, 7) is 4.69. The van der Waals surface area contributed by atoms with Gasteiger partial charge in [0.05, 0.1) is 12.8 Å². The Morgan fingerprint density at radius 2 is 2.32 bits per heavy atom. The molecule has 2 heterocycles. The van der Waals surface area contributed by atoms with E-state index >= 15 is 0 Å². The molecule has 1 fully saturated rings. The van der Waals surface area contributed by atoms with Crippen molar-refractivity contribution in [2.75, 3.05) is 33.8 Å². The molecule has 1 saturated heterocycles. The van der Waals surface area contributed by atoms with Crippen molar-refractivity contribution in [3.63, 3.8) is 0 Å². The summed E-state index contributed by atoms with van der Waals surface area (Å²) in [6.07, 6.45) is 3.86. The van der Waals surface area contributed by atoms with Crippen molar-refractivity contribution in [2.45, 2.75) is 19.1 Å². The number of nitrogens with zero attached hydrogens (tertiary/aromatic N) is 4. The van der Waals surface area contributed by atoms with E-state index in [4.69, 9.17) is 4.74 Å². The highest BCUT2D eigenvalue weighted by Crippen LogP contribution is 2.21. The van der Waals surface area contributed by atoms with Crippen LogP contribution in [0.2, 0.25) is 0 Å². The Morgan fingerprint density at radius 3 is 2.89 bits per heavy atom. The SMILES string of the molecule is CN(C)C(=O)[C@]1(C)CN(Cc2cnn(C)c2)CCO1. The number of likely N-dealkylation sites (N-methyl/N-ethyl adjacent to an activating group) is 1. The number of amides is 1. The highest BCUT2D eigenvalue weighted by Gasteiger charge is 2.40. The number of hydrogen-bond acceptors (Lipinski definition) is 4. The average Bonchev–Trinajstić information content (AvgIpc) is 2.73. The Labute approximate surface area is 113 Å². The van der Waals surface area contributed by atoms with Crippen molar-refractivity contribution in [1.82, 2.24) is 19.6 Å². The Hall–Kier alpha value is -1.40. The maximum absolute atomic E-state index is 12.2. The van der Waals surface area contributed by atoms with Crippen LogP contribution in [0.15, 0.2) is 12.4 Å². The van der Waals surface area contributed by atoms with E-state index < -0.39 is 5.60 Å². The standard InChI is InChI=1S/C13H22N4O2/c1-13(12(18)15(2)3)10-17(5-6-19-13)9-11-7-14-16(4)8-11/h7-8H,5-6,9-10H2,1-4H3/t13-/m0/s1. The molecule has 6 heteroatoms. The van der Waals surface area contributed by atoms with Gasteiger partial charge < -0.3 is 9.64 Å². The van der Waals surface area contributed by atoms with E-state index in [1.54, 1.807) is 23.7 Å². The van der Waals surface area contributed by atoms with Crippen molar-refractivity contribution in [1.29, 1.82) is 0 Å². The molecule has 0 saturated carbocycles. The van der Waals surface area contributed by atoms with Crippen LogP contribution in [0.3, 0.4) is 0 Å². The molecule has 0 aliphatic carbocycles. The molecule has 1 atom stereocenters. The minimum Gasteiger partial charge on any atom is -0.363 e. The number of aryl methyl sites for hydroxylation is 1. The summed E-state index contributed by atoms with van der Waals surface area (Å²) in [6, 6.07) is 0. The van der Waals surface area contributed by atoms with Crippen molar-refractivity contribution >= 4 is 5.91 Å². The topological polar surface area (TPSA) is 50.6 Å². The fourth-order valence-electron chi connectivity index (χ4n) is 2.50. The molecule has 19 heavy (non-hydrogen) atoms. The lowest BCUT2D eigenvalue weighted by molar-refractivity contribution is -0.165. The molecule has 0 bridgehead atoms. The number of morpholine rings is 1. The lowest BCUT2D eigenvalue weighted by atomic mass is 10.0. The lowest BCUT2D eigenvalue weighted by Crippen LogP contribution is -2.57. The minimum absolute atomic E-state index is 0.0170. The number of hydrogen-bond donors (Lipinski definition) is 0. The van der Waals surface area contributed by atoms with Crippen LogP contribution in [-0.4, -0.2) is 64.9 Å². The van der Waals surface area contributed by atoms with E-state index in [2.05, 4.69) is 10.00 Å². The summed E-state index contributed by atoms with van der Waals surface area (Å²) in [5, 5.41) is 4.17. The third-order valence-corrected chi connectivity index (χ3v) is 3.38. The fraction of sp³-hybridized carbons (Fsp3) is 0.692. The third kappa shape index (κ3) is 3.13. The third-order valence-electron chi connectivity index (χ3n) is 3.38. The average molecular weight is 266 g/mol. The molecule has 1 aliphatic rings. The minimum atomic E-state index is -0.746. The van der Waals surface area contributed by atoms with Gasteiger partial charge in [-0.1, -0.05) is 0 Å². The molecule has 1 aromatic rings. The van der Waals surface area contributed by atoms with Gasteiger partial charge in [-0.25, -0.2) is 0 Å². The summed E-state index contributed by atoms with van der Waals surface area (Å²) in [5.74, 6) is 0.0170. The van der Waals surface area contributed by atoms with Crippen LogP contribution < -0.4 is 0 Å². The molecule has 106 valence electrons. The molecule has 2 rings (SSSR count). The van der Waals surface area contributed by atoms with Crippen LogP contribution in [0.5, 0.6) is 0 Å². The van der Waals surface area contributed by atoms with Gasteiger partial charge in [-0.3, -0.25) is 14.4 Å². The first-order chi connectivity index (χ1) is 8.90. The number of carbonyl (C=O) groups excluding carboxylic acids is 1. The molecule has 1 aromatic heterocycles. The van der Waals surface area contributed by atoms with Gasteiger partial charge in [0.1, 0.15) is 0 Å². The predicted molar refractivity (Wildman–Crippen MR) is 71.5 cm³/mol. The maximum Gasteiger partial charge on any atom is 0.255 e. The van der Waals surface area contributed by atoms with Crippen molar-refractivity contribution in [3.8, 4) is 0 Å². The van der Waals surface area contributed by atoms with Gasteiger partial charge >= 0.3 is 0 Å². The first-order valence-electron chi connectivity index (χ1n) is 6.46. The van der Waals surface area contributed by atoms with Gasteiger partial charge in [-0.2, -0.15) is 5.10 Å². The molecular weight excluding hydrogens is 244 g/mol. The number of carbonyl (C=O) groups is 1. The predicted octanol–water partition coefficient (Wildman–Crippen LogP) is 0.0992. The summed E-state index contributed by atoms with van der Waals surface area (Å²) in [7, 11) is 5.43. The van der Waals surface area contributed by atoms with Gasteiger partial charge in [-0.05, 0) is 6.92 Å². The van der Waals surface area contributed by atoms with Crippen LogP contribution in [0.4, 0.5) is 0 Å². The Bertz CT molecular complexity index is 457. The van der Waals surface area contributed by atoms with Crippen molar-refractivity contribution < 1.29 is 9.53 Å². The second kappa shape index (κ2) is 5.30. The summed E-state index contributed by atoms with van der Waals surface area (Å²) in [4.78, 5) is 16.0. The van der Waals surface area contributed by atoms with E-state index in [1.807, 2.05) is 26.4 Å². The van der Waals surface area contributed by atoms with E-state index in [9.17, 15) is 4.79 Å². The largest absolute Gasteiger partial charge is 0.363 e. The van der Waals surface area contributed by atoms with Gasteiger partial charge in [0.25, 0.3) is 5.91 Å². The Balaban J connectivity index is 2.02. The van der Waals surface area contributed by atoms with Gasteiger partial charge in [0.2, 0.25) is 0 Å². The molecule has 1 amide bonds. The zero-order valence-corrected chi connectivity index (χ0v) is 12.1. The Morgan fingerprint density at radius 1 is 1.58 bits per heavy atom. The van der Waals surface area contributed by atoms with E-state index in [1.165, 1.54) is 0 Å². The highest BCUT2D eigenvalue weighted by atomic mass is 16.5. The normalized spacial score (nSPS) is 24.4. The second-order valence-electron chi connectivity index (χ2n) is 5.51. The van der Waals surface area contributed by atoms with E-state index in [0.717, 1.165) is 18.7 Å². The second-order valence-corrected chi connectivity index (χ2v) is 5.51. The van der Waals surface area contributed by atoms with Crippen LogP contribution >= 0.6 is 0 Å². The fourth-order valence-corrected chi connectivity index (χ4v) is 2.50. The molecule has 0 aromatic carbocycles. The first kappa shape index (κ1) is 14.0. The van der Waals surface area contributed by atoms with Crippen LogP contribution in [0.1, 0.15) is 12.5 Å².